The van der Waals surface area contributed by atoms with Gasteiger partial charge in [0.1, 0.15) is 5.82 Å². The second kappa shape index (κ2) is 9.40. The summed E-state index contributed by atoms with van der Waals surface area (Å²) in [6.45, 7) is 4.48. The van der Waals surface area contributed by atoms with E-state index in [9.17, 15) is 4.39 Å². The SMILES string of the molecule is NCc1cn(C[C@H]2CCCN(C/C=C/C=C/c3ccc(F)cc3)C2)nn1. The highest BCUT2D eigenvalue weighted by atomic mass is 19.1. The van der Waals surface area contributed by atoms with Gasteiger partial charge in [0.15, 0.2) is 0 Å². The molecule has 5 nitrogen and oxygen atoms in total. The maximum absolute atomic E-state index is 12.9. The van der Waals surface area contributed by atoms with Gasteiger partial charge in [-0.2, -0.15) is 0 Å². The van der Waals surface area contributed by atoms with E-state index in [4.69, 9.17) is 5.73 Å². The van der Waals surface area contributed by atoms with Crippen LogP contribution in [-0.2, 0) is 13.1 Å². The topological polar surface area (TPSA) is 60.0 Å². The molecule has 1 aliphatic rings. The molecule has 3 rings (SSSR count). The molecule has 2 aromatic rings. The van der Waals surface area contributed by atoms with E-state index < -0.39 is 0 Å². The van der Waals surface area contributed by atoms with E-state index in [0.717, 1.165) is 37.4 Å². The molecule has 0 amide bonds. The van der Waals surface area contributed by atoms with Crippen LogP contribution < -0.4 is 5.73 Å². The highest BCUT2D eigenvalue weighted by molar-refractivity contribution is 5.50. The molecule has 26 heavy (non-hydrogen) atoms. The molecule has 0 bridgehead atoms. The number of nitrogens with two attached hydrogens (primary N) is 1. The van der Waals surface area contributed by atoms with Crippen LogP contribution in [0.4, 0.5) is 4.39 Å². The number of likely N-dealkylation sites (tertiary alicyclic amines) is 1. The number of hydrogen-bond donors (Lipinski definition) is 1. The maximum Gasteiger partial charge on any atom is 0.123 e. The van der Waals surface area contributed by atoms with Crippen LogP contribution in [0.2, 0.25) is 0 Å². The summed E-state index contributed by atoms with van der Waals surface area (Å²) in [5, 5.41) is 8.20. The Morgan fingerprint density at radius 2 is 2.08 bits per heavy atom. The molecule has 6 heteroatoms. The van der Waals surface area contributed by atoms with Crippen LogP contribution in [0.15, 0.2) is 48.7 Å². The van der Waals surface area contributed by atoms with Gasteiger partial charge in [0.2, 0.25) is 0 Å². The minimum Gasteiger partial charge on any atom is -0.325 e. The highest BCUT2D eigenvalue weighted by Gasteiger charge is 2.19. The van der Waals surface area contributed by atoms with Crippen molar-refractivity contribution in [3.8, 4) is 0 Å². The molecule has 0 spiro atoms. The molecule has 2 N–H and O–H groups in total. The molecule has 2 heterocycles. The van der Waals surface area contributed by atoms with Gasteiger partial charge in [0.25, 0.3) is 0 Å². The molecule has 0 saturated carbocycles. The van der Waals surface area contributed by atoms with Crippen molar-refractivity contribution in [2.75, 3.05) is 19.6 Å². The Morgan fingerprint density at radius 1 is 1.23 bits per heavy atom. The number of aromatic nitrogens is 3. The fourth-order valence-electron chi connectivity index (χ4n) is 3.28. The minimum absolute atomic E-state index is 0.206. The normalized spacial score (nSPS) is 18.9. The van der Waals surface area contributed by atoms with Crippen LogP contribution in [0.5, 0.6) is 0 Å². The van der Waals surface area contributed by atoms with Gasteiger partial charge in [-0.3, -0.25) is 9.58 Å². The molecule has 0 aliphatic carbocycles. The van der Waals surface area contributed by atoms with Crippen molar-refractivity contribution in [2.45, 2.75) is 25.9 Å². The van der Waals surface area contributed by atoms with E-state index in [2.05, 4.69) is 27.4 Å². The number of halogens is 1. The molecule has 1 aromatic carbocycles. The van der Waals surface area contributed by atoms with Crippen LogP contribution in [-0.4, -0.2) is 39.5 Å². The lowest BCUT2D eigenvalue weighted by molar-refractivity contribution is 0.173. The van der Waals surface area contributed by atoms with Gasteiger partial charge in [0.05, 0.1) is 5.69 Å². The summed E-state index contributed by atoms with van der Waals surface area (Å²) in [5.41, 5.74) is 7.43. The van der Waals surface area contributed by atoms with Crippen molar-refractivity contribution >= 4 is 6.08 Å². The molecule has 1 fully saturated rings. The van der Waals surface area contributed by atoms with E-state index >= 15 is 0 Å². The number of piperidine rings is 1. The molecule has 138 valence electrons. The Labute approximate surface area is 154 Å². The first-order valence-corrected chi connectivity index (χ1v) is 9.13. The van der Waals surface area contributed by atoms with Crippen LogP contribution >= 0.6 is 0 Å². The Bertz CT molecular complexity index is 735. The Morgan fingerprint density at radius 3 is 2.85 bits per heavy atom. The van der Waals surface area contributed by atoms with Crippen molar-refractivity contribution in [2.24, 2.45) is 11.7 Å². The van der Waals surface area contributed by atoms with Crippen LogP contribution in [0.3, 0.4) is 0 Å². The van der Waals surface area contributed by atoms with E-state index in [1.807, 2.05) is 23.0 Å². The zero-order valence-electron chi connectivity index (χ0n) is 15.0. The largest absolute Gasteiger partial charge is 0.325 e. The lowest BCUT2D eigenvalue weighted by Crippen LogP contribution is -2.37. The first kappa shape index (κ1) is 18.5. The van der Waals surface area contributed by atoms with E-state index in [0.29, 0.717) is 12.5 Å². The predicted octanol–water partition coefficient (Wildman–Crippen LogP) is 2.86. The maximum atomic E-state index is 12.9. The lowest BCUT2D eigenvalue weighted by atomic mass is 9.98. The quantitative estimate of drug-likeness (QED) is 0.776. The van der Waals surface area contributed by atoms with Gasteiger partial charge in [-0.1, -0.05) is 41.7 Å². The average Bonchev–Trinajstić information content (AvgIpc) is 3.11. The molecular weight excluding hydrogens is 329 g/mol. The number of benzene rings is 1. The summed E-state index contributed by atoms with van der Waals surface area (Å²) >= 11 is 0. The number of nitrogens with zero attached hydrogens (tertiary/aromatic N) is 4. The number of hydrogen-bond acceptors (Lipinski definition) is 4. The van der Waals surface area contributed by atoms with Crippen molar-refractivity contribution < 1.29 is 4.39 Å². The van der Waals surface area contributed by atoms with Crippen molar-refractivity contribution in [3.63, 3.8) is 0 Å². The summed E-state index contributed by atoms with van der Waals surface area (Å²) in [5.74, 6) is 0.390. The first-order valence-electron chi connectivity index (χ1n) is 9.13. The zero-order chi connectivity index (χ0) is 18.2. The predicted molar refractivity (Wildman–Crippen MR) is 102 cm³/mol. The van der Waals surface area contributed by atoms with Crippen LogP contribution in [0.25, 0.3) is 6.08 Å². The summed E-state index contributed by atoms with van der Waals surface area (Å²) in [6, 6.07) is 6.50. The van der Waals surface area contributed by atoms with Crippen molar-refractivity contribution in [3.05, 3.63) is 65.8 Å². The fraction of sp³-hybridized carbons (Fsp3) is 0.400. The van der Waals surface area contributed by atoms with Gasteiger partial charge in [-0.05, 0) is 43.0 Å². The third-order valence-electron chi connectivity index (χ3n) is 4.61. The average molecular weight is 355 g/mol. The Balaban J connectivity index is 1.43. The molecular formula is C20H26FN5. The van der Waals surface area contributed by atoms with Crippen LogP contribution in [0, 0.1) is 11.7 Å². The van der Waals surface area contributed by atoms with Crippen molar-refractivity contribution in [1.82, 2.24) is 19.9 Å². The van der Waals surface area contributed by atoms with Gasteiger partial charge in [-0.15, -0.1) is 5.10 Å². The highest BCUT2D eigenvalue weighted by Crippen LogP contribution is 2.18. The number of rotatable bonds is 7. The van der Waals surface area contributed by atoms with E-state index in [-0.39, 0.29) is 5.82 Å². The second-order valence-corrected chi connectivity index (χ2v) is 6.74. The van der Waals surface area contributed by atoms with E-state index in [1.165, 1.54) is 25.0 Å². The Hall–Kier alpha value is -2.31. The minimum atomic E-state index is -0.206. The van der Waals surface area contributed by atoms with Gasteiger partial charge >= 0.3 is 0 Å². The fourth-order valence-corrected chi connectivity index (χ4v) is 3.28. The molecule has 1 aromatic heterocycles. The summed E-state index contributed by atoms with van der Waals surface area (Å²) < 4.78 is 14.8. The lowest BCUT2D eigenvalue weighted by Gasteiger charge is -2.31. The summed E-state index contributed by atoms with van der Waals surface area (Å²) in [4.78, 5) is 2.47. The molecule has 1 atom stereocenters. The van der Waals surface area contributed by atoms with Gasteiger partial charge < -0.3 is 5.73 Å². The molecule has 0 unspecified atom stereocenters. The third-order valence-corrected chi connectivity index (χ3v) is 4.61. The standard InChI is InChI=1S/C20H26FN5/c21-19-9-7-17(8-10-19)5-2-1-3-11-25-12-4-6-18(14-25)15-26-16-20(13-22)23-24-26/h1-3,5,7-10,16,18H,4,6,11-15,22H2/b3-1+,5-2+/t18-/m0/s1. The van der Waals surface area contributed by atoms with Crippen molar-refractivity contribution in [1.29, 1.82) is 0 Å². The zero-order valence-corrected chi connectivity index (χ0v) is 15.0. The second-order valence-electron chi connectivity index (χ2n) is 6.74. The monoisotopic (exact) mass is 355 g/mol. The smallest absolute Gasteiger partial charge is 0.123 e. The Kier molecular flexibility index (Phi) is 6.68. The molecule has 1 saturated heterocycles. The first-order chi connectivity index (χ1) is 12.7. The summed E-state index contributed by atoms with van der Waals surface area (Å²) in [7, 11) is 0. The molecule has 1 aliphatic heterocycles. The van der Waals surface area contributed by atoms with Crippen LogP contribution in [0.1, 0.15) is 24.1 Å². The van der Waals surface area contributed by atoms with Gasteiger partial charge in [0, 0.05) is 32.4 Å². The summed E-state index contributed by atoms with van der Waals surface area (Å²) in [6.07, 6.45) is 12.6. The third kappa shape index (κ3) is 5.61. The van der Waals surface area contributed by atoms with E-state index in [1.54, 1.807) is 12.1 Å². The number of allylic oxidation sites excluding steroid dienone is 2. The molecule has 0 radical (unpaired) electrons. The van der Waals surface area contributed by atoms with Gasteiger partial charge in [-0.25, -0.2) is 4.39 Å².